The smallest absolute Gasteiger partial charge is 0.270 e. The summed E-state index contributed by atoms with van der Waals surface area (Å²) in [6, 6.07) is 14.9. The van der Waals surface area contributed by atoms with Gasteiger partial charge < -0.3 is 9.88 Å². The minimum atomic E-state index is -3.56. The largest absolute Gasteiger partial charge is 0.351 e. The second-order valence-corrected chi connectivity index (χ2v) is 9.14. The van der Waals surface area contributed by atoms with E-state index in [2.05, 4.69) is 4.98 Å². The number of carbonyl (C=O) groups is 1. The Morgan fingerprint density at radius 2 is 1.68 bits per heavy atom. The molecule has 0 bridgehead atoms. The third-order valence-corrected chi connectivity index (χ3v) is 7.29. The molecule has 0 aliphatic carbocycles. The molecule has 1 amide bonds. The molecule has 2 aromatic carbocycles. The molecule has 6 nitrogen and oxygen atoms in total. The van der Waals surface area contributed by atoms with Gasteiger partial charge in [0.2, 0.25) is 10.0 Å². The van der Waals surface area contributed by atoms with Gasteiger partial charge in [-0.2, -0.15) is 4.31 Å². The van der Waals surface area contributed by atoms with E-state index in [9.17, 15) is 13.2 Å². The van der Waals surface area contributed by atoms with Gasteiger partial charge in [0.15, 0.2) is 0 Å². The minimum absolute atomic E-state index is 0.0974. The third-order valence-electron chi connectivity index (χ3n) is 5.23. The van der Waals surface area contributed by atoms with Crippen LogP contribution in [0.15, 0.2) is 53.4 Å². The number of piperazine rings is 1. The van der Waals surface area contributed by atoms with E-state index in [0.29, 0.717) is 36.8 Å². The van der Waals surface area contributed by atoms with Gasteiger partial charge in [0.05, 0.1) is 4.90 Å². The predicted molar refractivity (Wildman–Crippen MR) is 109 cm³/mol. The van der Waals surface area contributed by atoms with Crippen LogP contribution in [0.25, 0.3) is 10.9 Å². The van der Waals surface area contributed by atoms with Crippen LogP contribution in [0, 0.1) is 13.8 Å². The molecule has 28 heavy (non-hydrogen) atoms. The van der Waals surface area contributed by atoms with Crippen molar-refractivity contribution in [3.05, 3.63) is 65.4 Å². The monoisotopic (exact) mass is 397 g/mol. The maximum atomic E-state index is 13.0. The molecule has 1 N–H and O–H groups in total. The molecule has 0 saturated carbocycles. The molecule has 3 aromatic rings. The number of para-hydroxylation sites is 1. The van der Waals surface area contributed by atoms with E-state index in [4.69, 9.17) is 0 Å². The number of aryl methyl sites for hydroxylation is 2. The summed E-state index contributed by atoms with van der Waals surface area (Å²) >= 11 is 0. The second kappa shape index (κ2) is 7.07. The molecular weight excluding hydrogens is 374 g/mol. The van der Waals surface area contributed by atoms with Crippen LogP contribution < -0.4 is 0 Å². The lowest BCUT2D eigenvalue weighted by Crippen LogP contribution is -2.50. The number of fused-ring (bicyclic) bond motifs is 1. The zero-order chi connectivity index (χ0) is 19.9. The number of sulfonamides is 1. The van der Waals surface area contributed by atoms with Crippen molar-refractivity contribution in [3.63, 3.8) is 0 Å². The van der Waals surface area contributed by atoms with Gasteiger partial charge in [-0.3, -0.25) is 4.79 Å². The highest BCUT2D eigenvalue weighted by molar-refractivity contribution is 7.89. The Kier molecular flexibility index (Phi) is 4.72. The van der Waals surface area contributed by atoms with Crippen LogP contribution in [0.4, 0.5) is 0 Å². The first-order valence-electron chi connectivity index (χ1n) is 9.31. The highest BCUT2D eigenvalue weighted by Crippen LogP contribution is 2.23. The topological polar surface area (TPSA) is 73.5 Å². The van der Waals surface area contributed by atoms with Gasteiger partial charge >= 0.3 is 0 Å². The predicted octanol–water partition coefficient (Wildman–Crippen LogP) is 2.93. The highest BCUT2D eigenvalue weighted by Gasteiger charge is 2.31. The molecule has 0 radical (unpaired) electrons. The fraction of sp³-hybridized carbons (Fsp3) is 0.286. The first kappa shape index (κ1) is 18.7. The molecule has 2 heterocycles. The molecule has 0 atom stereocenters. The number of hydrogen-bond donors (Lipinski definition) is 1. The molecule has 1 fully saturated rings. The molecule has 0 spiro atoms. The van der Waals surface area contributed by atoms with Crippen LogP contribution in [-0.4, -0.2) is 54.7 Å². The number of aromatic amines is 1. The van der Waals surface area contributed by atoms with Crippen LogP contribution in [0.2, 0.25) is 0 Å². The molecule has 1 aliphatic heterocycles. The average Bonchev–Trinajstić information content (AvgIpc) is 3.11. The van der Waals surface area contributed by atoms with Gasteiger partial charge in [-0.25, -0.2) is 8.42 Å². The number of rotatable bonds is 3. The number of nitrogens with zero attached hydrogens (tertiary/aromatic N) is 2. The molecular formula is C21H23N3O3S. The van der Waals surface area contributed by atoms with Gasteiger partial charge in [-0.1, -0.05) is 35.9 Å². The lowest BCUT2D eigenvalue weighted by atomic mass is 10.2. The summed E-state index contributed by atoms with van der Waals surface area (Å²) in [4.78, 5) is 18.0. The summed E-state index contributed by atoms with van der Waals surface area (Å²) < 4.78 is 27.5. The summed E-state index contributed by atoms with van der Waals surface area (Å²) in [7, 11) is -3.56. The van der Waals surface area contributed by atoms with Crippen LogP contribution in [0.3, 0.4) is 0 Å². The number of hydrogen-bond acceptors (Lipinski definition) is 3. The SMILES string of the molecule is Cc1ccc(S(=O)(=O)N2CCN(C(=O)c3cc4ccccc4[nH]3)CC2)c(C)c1. The molecule has 4 rings (SSSR count). The Balaban J connectivity index is 1.48. The first-order chi connectivity index (χ1) is 13.4. The molecule has 0 unspecified atom stereocenters. The Labute approximate surface area is 164 Å². The number of nitrogens with one attached hydrogen (secondary N) is 1. The zero-order valence-corrected chi connectivity index (χ0v) is 16.8. The summed E-state index contributed by atoms with van der Waals surface area (Å²) in [6.07, 6.45) is 0. The lowest BCUT2D eigenvalue weighted by molar-refractivity contribution is 0.0693. The van der Waals surface area contributed by atoms with Crippen molar-refractivity contribution >= 4 is 26.8 Å². The fourth-order valence-corrected chi connectivity index (χ4v) is 5.35. The van der Waals surface area contributed by atoms with Gasteiger partial charge in [0, 0.05) is 37.1 Å². The molecule has 146 valence electrons. The van der Waals surface area contributed by atoms with E-state index >= 15 is 0 Å². The maximum Gasteiger partial charge on any atom is 0.270 e. The van der Waals surface area contributed by atoms with E-state index in [0.717, 1.165) is 22.0 Å². The summed E-state index contributed by atoms with van der Waals surface area (Å²) in [5.74, 6) is -0.0974. The standard InChI is InChI=1S/C21H23N3O3S/c1-15-7-8-20(16(2)13-15)28(26,27)24-11-9-23(10-12-24)21(25)19-14-17-5-3-4-6-18(17)22-19/h3-8,13-14,22H,9-12H2,1-2H3. The number of carbonyl (C=O) groups excluding carboxylic acids is 1. The van der Waals surface area contributed by atoms with Gasteiger partial charge in [0.1, 0.15) is 5.69 Å². The van der Waals surface area contributed by atoms with Crippen molar-refractivity contribution in [3.8, 4) is 0 Å². The summed E-state index contributed by atoms with van der Waals surface area (Å²) in [6.45, 7) is 5.09. The average molecular weight is 398 g/mol. The van der Waals surface area contributed by atoms with Crippen molar-refractivity contribution in [1.29, 1.82) is 0 Å². The fourth-order valence-electron chi connectivity index (χ4n) is 3.72. The number of amides is 1. The van der Waals surface area contributed by atoms with Crippen molar-refractivity contribution in [2.45, 2.75) is 18.7 Å². The maximum absolute atomic E-state index is 13.0. The van der Waals surface area contributed by atoms with E-state index < -0.39 is 10.0 Å². The Morgan fingerprint density at radius 1 is 0.964 bits per heavy atom. The van der Waals surface area contributed by atoms with Crippen molar-refractivity contribution < 1.29 is 13.2 Å². The van der Waals surface area contributed by atoms with E-state index in [1.165, 1.54) is 4.31 Å². The summed E-state index contributed by atoms with van der Waals surface area (Å²) in [5.41, 5.74) is 3.23. The molecule has 7 heteroatoms. The normalized spacial score (nSPS) is 15.9. The first-order valence-corrected chi connectivity index (χ1v) is 10.7. The summed E-state index contributed by atoms with van der Waals surface area (Å²) in [5, 5.41) is 0.988. The van der Waals surface area contributed by atoms with Crippen LogP contribution >= 0.6 is 0 Å². The van der Waals surface area contributed by atoms with Gasteiger partial charge in [-0.05, 0) is 37.6 Å². The van der Waals surface area contributed by atoms with E-state index in [1.54, 1.807) is 11.0 Å². The number of benzene rings is 2. The minimum Gasteiger partial charge on any atom is -0.351 e. The van der Waals surface area contributed by atoms with Crippen molar-refractivity contribution in [2.75, 3.05) is 26.2 Å². The molecule has 1 saturated heterocycles. The van der Waals surface area contributed by atoms with E-state index in [-0.39, 0.29) is 5.91 Å². The Morgan fingerprint density at radius 3 is 2.36 bits per heavy atom. The van der Waals surface area contributed by atoms with Crippen LogP contribution in [0.1, 0.15) is 21.6 Å². The van der Waals surface area contributed by atoms with Crippen LogP contribution in [0.5, 0.6) is 0 Å². The van der Waals surface area contributed by atoms with E-state index in [1.807, 2.05) is 56.3 Å². The molecule has 1 aromatic heterocycles. The van der Waals surface area contributed by atoms with Crippen molar-refractivity contribution in [2.24, 2.45) is 0 Å². The number of aromatic nitrogens is 1. The Hall–Kier alpha value is -2.64. The van der Waals surface area contributed by atoms with Gasteiger partial charge in [0.25, 0.3) is 5.91 Å². The zero-order valence-electron chi connectivity index (χ0n) is 16.0. The molecule has 1 aliphatic rings. The van der Waals surface area contributed by atoms with Crippen molar-refractivity contribution in [1.82, 2.24) is 14.2 Å². The Bertz CT molecular complexity index is 1110. The number of H-pyrrole nitrogens is 1. The lowest BCUT2D eigenvalue weighted by Gasteiger charge is -2.34. The highest BCUT2D eigenvalue weighted by atomic mass is 32.2. The van der Waals surface area contributed by atoms with Crippen LogP contribution in [-0.2, 0) is 10.0 Å². The van der Waals surface area contributed by atoms with Gasteiger partial charge in [-0.15, -0.1) is 0 Å². The quantitative estimate of drug-likeness (QED) is 0.738. The second-order valence-electron chi connectivity index (χ2n) is 7.24. The third kappa shape index (κ3) is 3.31.